The van der Waals surface area contributed by atoms with E-state index in [1.165, 1.54) is 0 Å². The number of hydrogen-bond donors (Lipinski definition) is 0. The lowest BCUT2D eigenvalue weighted by atomic mass is 10.1. The molecule has 0 spiro atoms. The van der Waals surface area contributed by atoms with E-state index in [1.807, 2.05) is 43.9 Å². The average molecular weight is 366 g/mol. The summed E-state index contributed by atoms with van der Waals surface area (Å²) in [5, 5.41) is 0. The smallest absolute Gasteiger partial charge is 0.251 e. The van der Waals surface area contributed by atoms with E-state index in [-0.39, 0.29) is 12.0 Å². The summed E-state index contributed by atoms with van der Waals surface area (Å²) in [6.45, 7) is 13.0. The number of carbonyl (C=O) groups excluding carboxylic acids is 1. The summed E-state index contributed by atoms with van der Waals surface area (Å²) in [5.74, 6) is 1.55. The molecule has 148 valence electrons. The van der Waals surface area contributed by atoms with Crippen molar-refractivity contribution in [2.75, 3.05) is 26.4 Å². The van der Waals surface area contributed by atoms with E-state index in [1.54, 1.807) is 0 Å². The summed E-state index contributed by atoms with van der Waals surface area (Å²) in [6, 6.07) is 5.92. The first-order valence-corrected chi connectivity index (χ1v) is 9.89. The predicted molar refractivity (Wildman–Crippen MR) is 105 cm³/mol. The molecule has 0 saturated carbocycles. The standard InChI is InChI=1S/C21H35NO4/c1-6-13-22(21(23)18(8-3)24-9-4)16-17-11-12-19(26-14-7-2)20(15-17)25-10-5/h11-12,15,18H,6-10,13-14,16H2,1-5H3. The van der Waals surface area contributed by atoms with E-state index < -0.39 is 0 Å². The van der Waals surface area contributed by atoms with E-state index in [9.17, 15) is 4.79 Å². The van der Waals surface area contributed by atoms with Gasteiger partial charge in [0.15, 0.2) is 11.5 Å². The number of carbonyl (C=O) groups is 1. The normalized spacial score (nSPS) is 11.9. The summed E-state index contributed by atoms with van der Waals surface area (Å²) in [6.07, 6.45) is 2.16. The number of rotatable bonds is 13. The van der Waals surface area contributed by atoms with Crippen LogP contribution in [0.25, 0.3) is 0 Å². The molecule has 1 atom stereocenters. The Morgan fingerprint density at radius 3 is 2.35 bits per heavy atom. The molecular weight excluding hydrogens is 330 g/mol. The minimum Gasteiger partial charge on any atom is -0.490 e. The highest BCUT2D eigenvalue weighted by molar-refractivity contribution is 5.81. The van der Waals surface area contributed by atoms with Gasteiger partial charge in [0.2, 0.25) is 0 Å². The Labute approximate surface area is 158 Å². The second kappa shape index (κ2) is 12.6. The van der Waals surface area contributed by atoms with E-state index in [4.69, 9.17) is 14.2 Å². The summed E-state index contributed by atoms with van der Waals surface area (Å²) >= 11 is 0. The maximum Gasteiger partial charge on any atom is 0.251 e. The van der Waals surface area contributed by atoms with Crippen LogP contribution in [0, 0.1) is 0 Å². The Bertz CT molecular complexity index is 533. The summed E-state index contributed by atoms with van der Waals surface area (Å²) in [7, 11) is 0. The molecule has 5 heteroatoms. The Hall–Kier alpha value is -1.75. The molecule has 0 aromatic heterocycles. The van der Waals surface area contributed by atoms with Crippen molar-refractivity contribution < 1.29 is 19.0 Å². The first-order chi connectivity index (χ1) is 12.6. The minimum absolute atomic E-state index is 0.0560. The zero-order valence-electron chi connectivity index (χ0n) is 17.0. The molecule has 0 aliphatic carbocycles. The van der Waals surface area contributed by atoms with E-state index >= 15 is 0 Å². The molecule has 1 rings (SSSR count). The molecule has 0 fully saturated rings. The highest BCUT2D eigenvalue weighted by Crippen LogP contribution is 2.29. The van der Waals surface area contributed by atoms with E-state index in [0.717, 1.165) is 29.9 Å². The highest BCUT2D eigenvalue weighted by Gasteiger charge is 2.23. The molecular formula is C21H35NO4. The van der Waals surface area contributed by atoms with Crippen molar-refractivity contribution in [3.63, 3.8) is 0 Å². The zero-order valence-corrected chi connectivity index (χ0v) is 17.0. The fourth-order valence-corrected chi connectivity index (χ4v) is 2.78. The van der Waals surface area contributed by atoms with Crippen molar-refractivity contribution in [2.24, 2.45) is 0 Å². The number of ether oxygens (including phenoxy) is 3. The van der Waals surface area contributed by atoms with Gasteiger partial charge in [0.1, 0.15) is 6.10 Å². The van der Waals surface area contributed by atoms with Crippen LogP contribution in [-0.2, 0) is 16.1 Å². The van der Waals surface area contributed by atoms with Crippen molar-refractivity contribution in [3.05, 3.63) is 23.8 Å². The quantitative estimate of drug-likeness (QED) is 0.519. The molecule has 0 heterocycles. The van der Waals surface area contributed by atoms with Gasteiger partial charge in [0.25, 0.3) is 5.91 Å². The molecule has 5 nitrogen and oxygen atoms in total. The van der Waals surface area contributed by atoms with Gasteiger partial charge in [-0.2, -0.15) is 0 Å². The van der Waals surface area contributed by atoms with Crippen LogP contribution in [-0.4, -0.2) is 43.3 Å². The van der Waals surface area contributed by atoms with Crippen LogP contribution in [0.15, 0.2) is 18.2 Å². The van der Waals surface area contributed by atoms with Gasteiger partial charge in [-0.15, -0.1) is 0 Å². The van der Waals surface area contributed by atoms with Gasteiger partial charge in [-0.3, -0.25) is 4.79 Å². The third-order valence-corrected chi connectivity index (χ3v) is 3.96. The average Bonchev–Trinajstić information content (AvgIpc) is 2.65. The van der Waals surface area contributed by atoms with Gasteiger partial charge in [-0.05, 0) is 50.8 Å². The Balaban J connectivity index is 2.96. The Kier molecular flexibility index (Phi) is 10.8. The largest absolute Gasteiger partial charge is 0.490 e. The fourth-order valence-electron chi connectivity index (χ4n) is 2.78. The van der Waals surface area contributed by atoms with Crippen LogP contribution >= 0.6 is 0 Å². The lowest BCUT2D eigenvalue weighted by Gasteiger charge is -2.27. The maximum absolute atomic E-state index is 12.8. The molecule has 1 amide bonds. The van der Waals surface area contributed by atoms with Gasteiger partial charge in [0.05, 0.1) is 13.2 Å². The SMILES string of the molecule is CCCOc1ccc(CN(CCC)C(=O)C(CC)OCC)cc1OCC. The van der Waals surface area contributed by atoms with E-state index in [2.05, 4.69) is 13.8 Å². The molecule has 1 unspecified atom stereocenters. The van der Waals surface area contributed by atoms with Crippen molar-refractivity contribution >= 4 is 5.91 Å². The number of benzene rings is 1. The molecule has 26 heavy (non-hydrogen) atoms. The second-order valence-electron chi connectivity index (χ2n) is 6.17. The molecule has 0 N–H and O–H groups in total. The van der Waals surface area contributed by atoms with Gasteiger partial charge < -0.3 is 19.1 Å². The van der Waals surface area contributed by atoms with Crippen molar-refractivity contribution in [2.45, 2.75) is 66.5 Å². The molecule has 0 aliphatic rings. The molecule has 0 aliphatic heterocycles. The van der Waals surface area contributed by atoms with Crippen molar-refractivity contribution in [3.8, 4) is 11.5 Å². The molecule has 0 saturated heterocycles. The van der Waals surface area contributed by atoms with Crippen LogP contribution in [0.1, 0.15) is 59.4 Å². The van der Waals surface area contributed by atoms with Crippen LogP contribution < -0.4 is 9.47 Å². The summed E-state index contributed by atoms with van der Waals surface area (Å²) in [5.41, 5.74) is 1.03. The van der Waals surface area contributed by atoms with Crippen LogP contribution in [0.4, 0.5) is 0 Å². The molecule has 1 aromatic rings. The Morgan fingerprint density at radius 2 is 1.77 bits per heavy atom. The topological polar surface area (TPSA) is 48.0 Å². The van der Waals surface area contributed by atoms with Gasteiger partial charge in [-0.1, -0.05) is 26.8 Å². The fraction of sp³-hybridized carbons (Fsp3) is 0.667. The molecule has 1 aromatic carbocycles. The van der Waals surface area contributed by atoms with E-state index in [0.29, 0.717) is 39.3 Å². The summed E-state index contributed by atoms with van der Waals surface area (Å²) < 4.78 is 17.1. The number of nitrogens with zero attached hydrogens (tertiary/aromatic N) is 1. The van der Waals surface area contributed by atoms with Crippen molar-refractivity contribution in [1.82, 2.24) is 4.90 Å². The van der Waals surface area contributed by atoms with Crippen molar-refractivity contribution in [1.29, 1.82) is 0 Å². The second-order valence-corrected chi connectivity index (χ2v) is 6.17. The van der Waals surface area contributed by atoms with Crippen LogP contribution in [0.5, 0.6) is 11.5 Å². The molecule has 0 bridgehead atoms. The third kappa shape index (κ3) is 6.87. The maximum atomic E-state index is 12.8. The lowest BCUT2D eigenvalue weighted by Crippen LogP contribution is -2.40. The van der Waals surface area contributed by atoms with Crippen LogP contribution in [0.3, 0.4) is 0 Å². The number of amides is 1. The first kappa shape index (κ1) is 22.3. The highest BCUT2D eigenvalue weighted by atomic mass is 16.5. The first-order valence-electron chi connectivity index (χ1n) is 9.89. The molecule has 0 radical (unpaired) electrons. The van der Waals surface area contributed by atoms with Gasteiger partial charge >= 0.3 is 0 Å². The predicted octanol–water partition coefficient (Wildman–Crippen LogP) is 4.43. The van der Waals surface area contributed by atoms with Crippen LogP contribution in [0.2, 0.25) is 0 Å². The van der Waals surface area contributed by atoms with Gasteiger partial charge in [-0.25, -0.2) is 0 Å². The minimum atomic E-state index is -0.370. The zero-order chi connectivity index (χ0) is 19.4. The monoisotopic (exact) mass is 365 g/mol. The summed E-state index contributed by atoms with van der Waals surface area (Å²) in [4.78, 5) is 14.7. The third-order valence-electron chi connectivity index (χ3n) is 3.96. The van der Waals surface area contributed by atoms with Gasteiger partial charge in [0, 0.05) is 19.7 Å². The number of hydrogen-bond acceptors (Lipinski definition) is 4. The lowest BCUT2D eigenvalue weighted by molar-refractivity contribution is -0.144. The Morgan fingerprint density at radius 1 is 1.00 bits per heavy atom.